The lowest BCUT2D eigenvalue weighted by Gasteiger charge is -2.10. The first-order chi connectivity index (χ1) is 11.5. The van der Waals surface area contributed by atoms with E-state index in [-0.39, 0.29) is 18.1 Å². The Morgan fingerprint density at radius 2 is 2.00 bits per heavy atom. The molecule has 132 valence electrons. The van der Waals surface area contributed by atoms with Gasteiger partial charge in [0.1, 0.15) is 0 Å². The smallest absolute Gasteiger partial charge is 0.229 e. The zero-order valence-electron chi connectivity index (χ0n) is 14.8. The average molecular weight is 395 g/mol. The number of nitrogens with two attached hydrogens (primary N) is 1. The van der Waals surface area contributed by atoms with Crippen LogP contribution in [0.25, 0.3) is 11.1 Å². The molecule has 2 aromatic rings. The molecule has 0 aliphatic rings. The number of amides is 1. The number of H-pyrrole nitrogens is 1. The van der Waals surface area contributed by atoms with Crippen LogP contribution in [0.3, 0.4) is 0 Å². The molecule has 0 unspecified atom stereocenters. The Morgan fingerprint density at radius 1 is 1.38 bits per heavy atom. The monoisotopic (exact) mass is 394 g/mol. The van der Waals surface area contributed by atoms with Crippen LogP contribution in [0, 0.1) is 0 Å². The first-order valence-electron chi connectivity index (χ1n) is 8.00. The van der Waals surface area contributed by atoms with Crippen molar-refractivity contribution in [2.24, 2.45) is 5.73 Å². The van der Waals surface area contributed by atoms with E-state index in [1.54, 1.807) is 12.4 Å². The van der Waals surface area contributed by atoms with E-state index in [0.717, 1.165) is 21.2 Å². The van der Waals surface area contributed by atoms with E-state index in [9.17, 15) is 4.79 Å². The zero-order chi connectivity index (χ0) is 18.5. The van der Waals surface area contributed by atoms with Crippen LogP contribution >= 0.6 is 15.9 Å². The fourth-order valence-electron chi connectivity index (χ4n) is 1.79. The summed E-state index contributed by atoms with van der Waals surface area (Å²) in [6.07, 6.45) is 4.95. The van der Waals surface area contributed by atoms with Gasteiger partial charge in [0.25, 0.3) is 0 Å². The second kappa shape index (κ2) is 12.4. The standard InChI is InChI=1S/C13H13BrN4O.C3H8.C2H6/c1-8(15)18-13(19)5-11-10(3-2-4-12(11)14)9-6-16-17-7-9;1-3-2;1-2/h2-4,6-7H,1,5,15H2,(H,16,17)(H,18,19);3H2,1-2H3;1-2H3. The van der Waals surface area contributed by atoms with Crippen molar-refractivity contribution in [2.45, 2.75) is 40.5 Å². The van der Waals surface area contributed by atoms with Crippen molar-refractivity contribution in [1.29, 1.82) is 0 Å². The van der Waals surface area contributed by atoms with Crippen molar-refractivity contribution in [3.05, 3.63) is 53.0 Å². The normalized spacial score (nSPS) is 9.04. The van der Waals surface area contributed by atoms with Crippen molar-refractivity contribution in [2.75, 3.05) is 0 Å². The van der Waals surface area contributed by atoms with Crippen LogP contribution in [0.4, 0.5) is 0 Å². The van der Waals surface area contributed by atoms with Gasteiger partial charge in [0.05, 0.1) is 18.4 Å². The maximum Gasteiger partial charge on any atom is 0.229 e. The fraction of sp³-hybridized carbons (Fsp3) is 0.333. The second-order valence-electron chi connectivity index (χ2n) is 4.71. The van der Waals surface area contributed by atoms with Gasteiger partial charge >= 0.3 is 0 Å². The number of carbonyl (C=O) groups is 1. The zero-order valence-corrected chi connectivity index (χ0v) is 16.4. The minimum Gasteiger partial charge on any atom is -0.386 e. The molecular weight excluding hydrogens is 368 g/mol. The molecule has 4 N–H and O–H groups in total. The Labute approximate surface area is 152 Å². The molecule has 2 rings (SSSR count). The highest BCUT2D eigenvalue weighted by Crippen LogP contribution is 2.29. The van der Waals surface area contributed by atoms with Crippen LogP contribution < -0.4 is 11.1 Å². The molecule has 0 bridgehead atoms. The molecule has 0 radical (unpaired) electrons. The largest absolute Gasteiger partial charge is 0.386 e. The van der Waals surface area contributed by atoms with Crippen molar-refractivity contribution in [1.82, 2.24) is 15.5 Å². The first kappa shape index (κ1) is 21.9. The van der Waals surface area contributed by atoms with Gasteiger partial charge in [0, 0.05) is 16.2 Å². The molecule has 0 saturated carbocycles. The molecule has 6 heteroatoms. The number of aromatic amines is 1. The second-order valence-corrected chi connectivity index (χ2v) is 5.56. The molecule has 0 spiro atoms. The Kier molecular flexibility index (Phi) is 11.3. The summed E-state index contributed by atoms with van der Waals surface area (Å²) >= 11 is 3.46. The van der Waals surface area contributed by atoms with Gasteiger partial charge in [-0.05, 0) is 17.2 Å². The van der Waals surface area contributed by atoms with Gasteiger partial charge < -0.3 is 11.1 Å². The molecule has 0 aliphatic carbocycles. The summed E-state index contributed by atoms with van der Waals surface area (Å²) in [6.45, 7) is 11.7. The number of hydrogen-bond donors (Lipinski definition) is 3. The maximum absolute atomic E-state index is 11.8. The molecule has 5 nitrogen and oxygen atoms in total. The average Bonchev–Trinajstić information content (AvgIpc) is 3.05. The molecule has 0 saturated heterocycles. The molecule has 0 fully saturated rings. The Bertz CT molecular complexity index is 624. The minimum absolute atomic E-state index is 0.141. The number of carbonyl (C=O) groups excluding carboxylic acids is 1. The number of halogens is 1. The molecular formula is C18H27BrN4O. The first-order valence-corrected chi connectivity index (χ1v) is 8.79. The highest BCUT2D eigenvalue weighted by atomic mass is 79.9. The molecule has 1 aromatic carbocycles. The van der Waals surface area contributed by atoms with Gasteiger partial charge in [-0.15, -0.1) is 0 Å². The molecule has 0 atom stereocenters. The number of benzene rings is 1. The Balaban J connectivity index is 0.000000952. The van der Waals surface area contributed by atoms with Crippen LogP contribution in [0.5, 0.6) is 0 Å². The predicted molar refractivity (Wildman–Crippen MR) is 104 cm³/mol. The lowest BCUT2D eigenvalue weighted by atomic mass is 10.00. The molecule has 1 heterocycles. The van der Waals surface area contributed by atoms with Crippen molar-refractivity contribution < 1.29 is 4.79 Å². The van der Waals surface area contributed by atoms with Gasteiger partial charge in [-0.1, -0.05) is 68.8 Å². The summed E-state index contributed by atoms with van der Waals surface area (Å²) in [6, 6.07) is 5.74. The predicted octanol–water partition coefficient (Wildman–Crippen LogP) is 4.37. The van der Waals surface area contributed by atoms with Gasteiger partial charge in [-0.3, -0.25) is 9.89 Å². The Hall–Kier alpha value is -2.08. The van der Waals surface area contributed by atoms with E-state index in [0.29, 0.717) is 0 Å². The highest BCUT2D eigenvalue weighted by molar-refractivity contribution is 9.10. The van der Waals surface area contributed by atoms with E-state index >= 15 is 0 Å². The van der Waals surface area contributed by atoms with E-state index in [4.69, 9.17) is 5.73 Å². The Morgan fingerprint density at radius 3 is 2.50 bits per heavy atom. The van der Waals surface area contributed by atoms with Gasteiger partial charge in [-0.25, -0.2) is 0 Å². The van der Waals surface area contributed by atoms with Crippen molar-refractivity contribution in [3.8, 4) is 11.1 Å². The van der Waals surface area contributed by atoms with Crippen LogP contribution in [-0.2, 0) is 11.2 Å². The lowest BCUT2D eigenvalue weighted by molar-refractivity contribution is -0.119. The van der Waals surface area contributed by atoms with Crippen LogP contribution in [0.1, 0.15) is 39.7 Å². The number of hydrogen-bond acceptors (Lipinski definition) is 3. The topological polar surface area (TPSA) is 83.8 Å². The maximum atomic E-state index is 11.8. The van der Waals surface area contributed by atoms with Crippen LogP contribution in [0.15, 0.2) is 47.5 Å². The third kappa shape index (κ3) is 7.46. The number of aromatic nitrogens is 2. The number of rotatable bonds is 4. The quantitative estimate of drug-likeness (QED) is 0.719. The summed E-state index contributed by atoms with van der Waals surface area (Å²) < 4.78 is 0.865. The highest BCUT2D eigenvalue weighted by Gasteiger charge is 2.13. The van der Waals surface area contributed by atoms with Gasteiger partial charge in [0.2, 0.25) is 5.91 Å². The van der Waals surface area contributed by atoms with E-state index < -0.39 is 0 Å². The van der Waals surface area contributed by atoms with Crippen molar-refractivity contribution in [3.63, 3.8) is 0 Å². The lowest BCUT2D eigenvalue weighted by Crippen LogP contribution is -2.28. The van der Waals surface area contributed by atoms with Gasteiger partial charge in [0.15, 0.2) is 0 Å². The van der Waals surface area contributed by atoms with Crippen LogP contribution in [0.2, 0.25) is 0 Å². The third-order valence-corrected chi connectivity index (χ3v) is 3.31. The SMILES string of the molecule is C=C(N)NC(=O)Cc1c(Br)cccc1-c1cn[nH]c1.CC.CCC. The summed E-state index contributed by atoms with van der Waals surface area (Å²) in [5, 5.41) is 9.17. The van der Waals surface area contributed by atoms with E-state index in [1.165, 1.54) is 6.42 Å². The molecule has 1 amide bonds. The minimum atomic E-state index is -0.204. The fourth-order valence-corrected chi connectivity index (χ4v) is 2.30. The molecule has 1 aromatic heterocycles. The van der Waals surface area contributed by atoms with Crippen molar-refractivity contribution >= 4 is 21.8 Å². The summed E-state index contributed by atoms with van der Waals surface area (Å²) in [5.74, 6) is -0.0638. The van der Waals surface area contributed by atoms with Crippen LogP contribution in [-0.4, -0.2) is 16.1 Å². The number of nitrogens with zero attached hydrogens (tertiary/aromatic N) is 1. The molecule has 0 aliphatic heterocycles. The third-order valence-electron chi connectivity index (χ3n) is 2.57. The summed E-state index contributed by atoms with van der Waals surface area (Å²) in [4.78, 5) is 11.8. The summed E-state index contributed by atoms with van der Waals surface area (Å²) in [5.41, 5.74) is 8.11. The van der Waals surface area contributed by atoms with E-state index in [1.807, 2.05) is 32.0 Å². The number of nitrogens with one attached hydrogen (secondary N) is 2. The summed E-state index contributed by atoms with van der Waals surface area (Å²) in [7, 11) is 0. The van der Waals surface area contributed by atoms with E-state index in [2.05, 4.69) is 51.9 Å². The molecule has 24 heavy (non-hydrogen) atoms. The van der Waals surface area contributed by atoms with Gasteiger partial charge in [-0.2, -0.15) is 5.10 Å².